The second-order valence-corrected chi connectivity index (χ2v) is 6.71. The van der Waals surface area contributed by atoms with Crippen molar-refractivity contribution in [2.24, 2.45) is 5.10 Å². The molecule has 0 aliphatic carbocycles. The summed E-state index contributed by atoms with van der Waals surface area (Å²) in [6.07, 6.45) is 0.229. The number of thiophene rings is 1. The average molecular weight is 341 g/mol. The zero-order valence-corrected chi connectivity index (χ0v) is 14.1. The van der Waals surface area contributed by atoms with Crippen molar-refractivity contribution in [1.29, 1.82) is 0 Å². The largest absolute Gasteiger partial charge is 0.550 e. The van der Waals surface area contributed by atoms with E-state index in [1.165, 1.54) is 5.01 Å². The van der Waals surface area contributed by atoms with E-state index in [0.29, 0.717) is 6.42 Å². The number of rotatable bonds is 5. The molecule has 0 saturated heterocycles. The number of amides is 1. The van der Waals surface area contributed by atoms with Gasteiger partial charge in [-0.15, -0.1) is 11.3 Å². The van der Waals surface area contributed by atoms with Gasteiger partial charge in [0.15, 0.2) is 0 Å². The topological polar surface area (TPSA) is 72.8 Å². The SMILES string of the molecule is Cc1ccc([C@@H]2CC(c3cccs3)=NN2C(=O)CCC(=O)[O-])cc1. The minimum absolute atomic E-state index is 0.105. The first kappa shape index (κ1) is 16.4. The molecule has 0 fully saturated rings. The highest BCUT2D eigenvalue weighted by Crippen LogP contribution is 2.34. The van der Waals surface area contributed by atoms with Crippen molar-refractivity contribution in [3.63, 3.8) is 0 Å². The number of hydrogen-bond acceptors (Lipinski definition) is 5. The number of hydrazone groups is 1. The van der Waals surface area contributed by atoms with E-state index in [1.807, 2.05) is 48.7 Å². The summed E-state index contributed by atoms with van der Waals surface area (Å²) in [4.78, 5) is 24.1. The molecule has 2 heterocycles. The summed E-state index contributed by atoms with van der Waals surface area (Å²) in [5, 5.41) is 18.5. The van der Waals surface area contributed by atoms with E-state index in [-0.39, 0.29) is 24.8 Å². The predicted octanol–water partition coefficient (Wildman–Crippen LogP) is 2.26. The third-order valence-corrected chi connectivity index (χ3v) is 4.90. The third kappa shape index (κ3) is 3.54. The van der Waals surface area contributed by atoms with Gasteiger partial charge in [-0.2, -0.15) is 5.10 Å². The first-order valence-corrected chi connectivity index (χ1v) is 8.62. The Balaban J connectivity index is 1.87. The van der Waals surface area contributed by atoms with Crippen LogP contribution in [-0.2, 0) is 9.59 Å². The van der Waals surface area contributed by atoms with Gasteiger partial charge in [0.1, 0.15) is 0 Å². The number of carbonyl (C=O) groups is 2. The van der Waals surface area contributed by atoms with Gasteiger partial charge < -0.3 is 9.90 Å². The molecule has 6 heteroatoms. The summed E-state index contributed by atoms with van der Waals surface area (Å²) < 4.78 is 0. The summed E-state index contributed by atoms with van der Waals surface area (Å²) in [6, 6.07) is 11.7. The minimum Gasteiger partial charge on any atom is -0.550 e. The maximum Gasteiger partial charge on any atom is 0.243 e. The number of nitrogens with zero attached hydrogens (tertiary/aromatic N) is 2. The lowest BCUT2D eigenvalue weighted by Gasteiger charge is -2.22. The van der Waals surface area contributed by atoms with E-state index >= 15 is 0 Å². The molecule has 1 amide bonds. The number of aliphatic carboxylic acids is 1. The van der Waals surface area contributed by atoms with Crippen molar-refractivity contribution in [1.82, 2.24) is 5.01 Å². The fourth-order valence-electron chi connectivity index (χ4n) is 2.70. The number of aryl methyl sites for hydroxylation is 1. The van der Waals surface area contributed by atoms with Crippen LogP contribution in [0, 0.1) is 6.92 Å². The van der Waals surface area contributed by atoms with Gasteiger partial charge in [0.2, 0.25) is 5.91 Å². The molecule has 0 bridgehead atoms. The van der Waals surface area contributed by atoms with Crippen LogP contribution in [0.5, 0.6) is 0 Å². The molecule has 2 aromatic rings. The molecule has 1 aliphatic heterocycles. The minimum atomic E-state index is -1.23. The molecule has 124 valence electrons. The fraction of sp³-hybridized carbons (Fsp3) is 0.278. The van der Waals surface area contributed by atoms with Crippen molar-refractivity contribution in [2.45, 2.75) is 32.2 Å². The maximum absolute atomic E-state index is 12.4. The molecule has 24 heavy (non-hydrogen) atoms. The number of carboxylic acids is 1. The van der Waals surface area contributed by atoms with Crippen LogP contribution in [-0.4, -0.2) is 22.6 Å². The van der Waals surface area contributed by atoms with Gasteiger partial charge in [-0.05, 0) is 30.4 Å². The quantitative estimate of drug-likeness (QED) is 0.837. The second-order valence-electron chi connectivity index (χ2n) is 5.76. The lowest BCUT2D eigenvalue weighted by Crippen LogP contribution is -2.29. The molecule has 0 unspecified atom stereocenters. The normalized spacial score (nSPS) is 17.0. The first-order chi connectivity index (χ1) is 11.5. The fourth-order valence-corrected chi connectivity index (χ4v) is 3.42. The summed E-state index contributed by atoms with van der Waals surface area (Å²) in [7, 11) is 0. The molecule has 1 aliphatic rings. The highest BCUT2D eigenvalue weighted by atomic mass is 32.1. The van der Waals surface area contributed by atoms with E-state index in [9.17, 15) is 14.7 Å². The molecule has 0 saturated carbocycles. The lowest BCUT2D eigenvalue weighted by molar-refractivity contribution is -0.305. The van der Waals surface area contributed by atoms with Gasteiger partial charge in [-0.1, -0.05) is 35.9 Å². The zero-order valence-electron chi connectivity index (χ0n) is 13.3. The van der Waals surface area contributed by atoms with Gasteiger partial charge in [0, 0.05) is 18.8 Å². The second kappa shape index (κ2) is 6.97. The van der Waals surface area contributed by atoms with E-state index in [2.05, 4.69) is 5.10 Å². The van der Waals surface area contributed by atoms with Crippen LogP contribution in [0.2, 0.25) is 0 Å². The van der Waals surface area contributed by atoms with E-state index in [4.69, 9.17) is 0 Å². The Labute approximate surface area is 144 Å². The van der Waals surface area contributed by atoms with E-state index < -0.39 is 5.97 Å². The van der Waals surface area contributed by atoms with Crippen molar-refractivity contribution in [3.05, 3.63) is 57.8 Å². The van der Waals surface area contributed by atoms with Crippen molar-refractivity contribution >= 4 is 28.9 Å². The summed E-state index contributed by atoms with van der Waals surface area (Å²) >= 11 is 1.58. The summed E-state index contributed by atoms with van der Waals surface area (Å²) in [5.74, 6) is -1.52. The summed E-state index contributed by atoms with van der Waals surface area (Å²) in [6.45, 7) is 2.01. The van der Waals surface area contributed by atoms with Crippen molar-refractivity contribution in [2.75, 3.05) is 0 Å². The average Bonchev–Trinajstić information content (AvgIpc) is 3.22. The van der Waals surface area contributed by atoms with Crippen LogP contribution in [0.1, 0.15) is 41.3 Å². The van der Waals surface area contributed by atoms with Crippen LogP contribution >= 0.6 is 11.3 Å². The Kier molecular flexibility index (Phi) is 4.76. The standard InChI is InChI=1S/C18H18N2O3S/c1-12-4-6-13(7-5-12)15-11-14(16-3-2-10-24-16)19-20(15)17(21)8-9-18(22)23/h2-7,10,15H,8-9,11H2,1H3,(H,22,23)/p-1/t15-/m0/s1. The Morgan fingerprint density at radius 1 is 1.25 bits per heavy atom. The number of benzene rings is 1. The van der Waals surface area contributed by atoms with Crippen molar-refractivity contribution in [3.8, 4) is 0 Å². The summed E-state index contributed by atoms with van der Waals surface area (Å²) in [5.41, 5.74) is 3.00. The van der Waals surface area contributed by atoms with Crippen LogP contribution in [0.15, 0.2) is 46.9 Å². The third-order valence-electron chi connectivity index (χ3n) is 3.98. The molecule has 0 radical (unpaired) electrons. The maximum atomic E-state index is 12.4. The van der Waals surface area contributed by atoms with Crippen LogP contribution in [0.3, 0.4) is 0 Å². The molecule has 1 atom stereocenters. The van der Waals surface area contributed by atoms with Crippen LogP contribution in [0.25, 0.3) is 0 Å². The monoisotopic (exact) mass is 341 g/mol. The number of carboxylic acid groups (broad SMARTS) is 1. The lowest BCUT2D eigenvalue weighted by atomic mass is 10.00. The van der Waals surface area contributed by atoms with Crippen LogP contribution in [0.4, 0.5) is 0 Å². The molecule has 1 aromatic carbocycles. The Bertz CT molecular complexity index is 766. The molecule has 1 aromatic heterocycles. The van der Waals surface area contributed by atoms with Gasteiger partial charge in [-0.3, -0.25) is 4.79 Å². The first-order valence-electron chi connectivity index (χ1n) is 7.74. The molecule has 3 rings (SSSR count). The highest BCUT2D eigenvalue weighted by Gasteiger charge is 2.33. The zero-order chi connectivity index (χ0) is 17.1. The number of hydrogen-bond donors (Lipinski definition) is 0. The highest BCUT2D eigenvalue weighted by molar-refractivity contribution is 7.12. The predicted molar refractivity (Wildman–Crippen MR) is 90.5 cm³/mol. The molecule has 0 N–H and O–H groups in total. The number of carbonyl (C=O) groups excluding carboxylic acids is 2. The Morgan fingerprint density at radius 2 is 2.00 bits per heavy atom. The van der Waals surface area contributed by atoms with E-state index in [1.54, 1.807) is 11.3 Å². The Morgan fingerprint density at radius 3 is 2.62 bits per heavy atom. The Hall–Kier alpha value is -2.47. The smallest absolute Gasteiger partial charge is 0.243 e. The van der Waals surface area contributed by atoms with Crippen molar-refractivity contribution < 1.29 is 14.7 Å². The molecular formula is C18H17N2O3S-. The van der Waals surface area contributed by atoms with Crippen LogP contribution < -0.4 is 5.11 Å². The van der Waals surface area contributed by atoms with Gasteiger partial charge in [-0.25, -0.2) is 5.01 Å². The molecule has 5 nitrogen and oxygen atoms in total. The van der Waals surface area contributed by atoms with Gasteiger partial charge in [0.25, 0.3) is 0 Å². The van der Waals surface area contributed by atoms with Gasteiger partial charge in [0.05, 0.1) is 16.6 Å². The molecular weight excluding hydrogens is 324 g/mol. The molecule has 0 spiro atoms. The van der Waals surface area contributed by atoms with E-state index in [0.717, 1.165) is 21.7 Å². The van der Waals surface area contributed by atoms with Gasteiger partial charge >= 0.3 is 0 Å².